The molecule has 12 heavy (non-hydrogen) atoms. The molecule has 0 saturated carbocycles. The molecule has 0 bridgehead atoms. The van der Waals surface area contributed by atoms with Crippen molar-refractivity contribution in [1.29, 1.82) is 0 Å². The molecular formula is C8H8F3N. The third kappa shape index (κ3) is 1.75. The second kappa shape index (κ2) is 3.56. The molecule has 0 atom stereocenters. The van der Waals surface area contributed by atoms with Crippen molar-refractivity contribution in [3.8, 4) is 0 Å². The van der Waals surface area contributed by atoms with Gasteiger partial charge in [0.15, 0.2) is 0 Å². The van der Waals surface area contributed by atoms with Crippen molar-refractivity contribution < 1.29 is 13.2 Å². The Kier molecular flexibility index (Phi) is 2.68. The van der Waals surface area contributed by atoms with E-state index < -0.39 is 18.8 Å². The molecule has 1 aromatic heterocycles. The highest BCUT2D eigenvalue weighted by Gasteiger charge is 2.13. The minimum absolute atomic E-state index is 0.0231. The largest absolute Gasteiger partial charge is 0.280 e. The van der Waals surface area contributed by atoms with Crippen LogP contribution in [0.25, 0.3) is 0 Å². The fourth-order valence-corrected chi connectivity index (χ4v) is 0.944. The van der Waals surface area contributed by atoms with E-state index in [1.54, 1.807) is 6.92 Å². The van der Waals surface area contributed by atoms with Crippen molar-refractivity contribution in [2.45, 2.75) is 20.0 Å². The molecule has 0 aliphatic rings. The smallest absolute Gasteiger partial charge is 0.255 e. The molecule has 0 N–H and O–H groups in total. The van der Waals surface area contributed by atoms with Crippen LogP contribution < -0.4 is 0 Å². The van der Waals surface area contributed by atoms with Crippen LogP contribution in [0.4, 0.5) is 13.2 Å². The van der Waals surface area contributed by atoms with E-state index in [0.29, 0.717) is 5.56 Å². The zero-order chi connectivity index (χ0) is 9.14. The maximum absolute atomic E-state index is 12.2. The Hall–Kier alpha value is -1.06. The summed E-state index contributed by atoms with van der Waals surface area (Å²) in [7, 11) is 0. The minimum atomic E-state index is -2.70. The molecule has 1 nitrogen and oxygen atoms in total. The van der Waals surface area contributed by atoms with Gasteiger partial charge in [-0.15, -0.1) is 0 Å². The lowest BCUT2D eigenvalue weighted by atomic mass is 10.1. The van der Waals surface area contributed by atoms with Gasteiger partial charge in [-0.05, 0) is 18.6 Å². The summed E-state index contributed by atoms with van der Waals surface area (Å²) in [6.07, 6.45) is -1.39. The van der Waals surface area contributed by atoms with Gasteiger partial charge in [-0.1, -0.05) is 0 Å². The monoisotopic (exact) mass is 175 g/mol. The van der Waals surface area contributed by atoms with Gasteiger partial charge in [0, 0.05) is 11.8 Å². The van der Waals surface area contributed by atoms with Gasteiger partial charge in [0.05, 0.1) is 0 Å². The highest BCUT2D eigenvalue weighted by atomic mass is 19.3. The number of aromatic nitrogens is 1. The van der Waals surface area contributed by atoms with Crippen molar-refractivity contribution in [3.63, 3.8) is 0 Å². The van der Waals surface area contributed by atoms with Gasteiger partial charge in [0.25, 0.3) is 6.43 Å². The summed E-state index contributed by atoms with van der Waals surface area (Å²) in [4.78, 5) is 3.46. The first kappa shape index (κ1) is 9.03. The van der Waals surface area contributed by atoms with Crippen molar-refractivity contribution in [1.82, 2.24) is 4.98 Å². The van der Waals surface area contributed by atoms with E-state index in [-0.39, 0.29) is 5.56 Å². The fourth-order valence-electron chi connectivity index (χ4n) is 0.944. The summed E-state index contributed by atoms with van der Waals surface area (Å²) >= 11 is 0. The number of nitrogens with zero attached hydrogens (tertiary/aromatic N) is 1. The number of hydrogen-bond donors (Lipinski definition) is 0. The molecule has 0 radical (unpaired) electrons. The van der Waals surface area contributed by atoms with Crippen molar-refractivity contribution >= 4 is 0 Å². The van der Waals surface area contributed by atoms with Gasteiger partial charge in [-0.3, -0.25) is 4.98 Å². The summed E-state index contributed by atoms with van der Waals surface area (Å²) in [5, 5.41) is 0. The Balaban J connectivity index is 3.11. The Morgan fingerprint density at radius 3 is 2.67 bits per heavy atom. The van der Waals surface area contributed by atoms with Crippen molar-refractivity contribution in [2.75, 3.05) is 0 Å². The van der Waals surface area contributed by atoms with E-state index in [1.165, 1.54) is 12.3 Å². The molecule has 1 aromatic rings. The first-order valence-electron chi connectivity index (χ1n) is 3.44. The van der Waals surface area contributed by atoms with Crippen LogP contribution in [0.15, 0.2) is 12.3 Å². The lowest BCUT2D eigenvalue weighted by Gasteiger charge is -2.04. The van der Waals surface area contributed by atoms with Crippen LogP contribution in [0.1, 0.15) is 23.2 Å². The quantitative estimate of drug-likeness (QED) is 0.673. The number of rotatable bonds is 2. The molecule has 0 fully saturated rings. The Morgan fingerprint density at radius 2 is 2.17 bits per heavy atom. The number of halogens is 3. The SMILES string of the molecule is Cc1cnc(C(F)F)c(CF)c1. The van der Waals surface area contributed by atoms with Crippen LogP contribution in [-0.4, -0.2) is 4.98 Å². The van der Waals surface area contributed by atoms with E-state index in [0.717, 1.165) is 0 Å². The Bertz CT molecular complexity index is 273. The predicted octanol–water partition coefficient (Wildman–Crippen LogP) is 2.80. The third-order valence-electron chi connectivity index (χ3n) is 1.49. The van der Waals surface area contributed by atoms with Crippen molar-refractivity contribution in [3.05, 3.63) is 29.1 Å². The molecule has 0 aliphatic carbocycles. The van der Waals surface area contributed by atoms with E-state index >= 15 is 0 Å². The maximum atomic E-state index is 12.2. The van der Waals surface area contributed by atoms with Crippen LogP contribution in [0.3, 0.4) is 0 Å². The average molecular weight is 175 g/mol. The fraction of sp³-hybridized carbons (Fsp3) is 0.375. The number of hydrogen-bond acceptors (Lipinski definition) is 1. The van der Waals surface area contributed by atoms with E-state index in [4.69, 9.17) is 0 Å². The minimum Gasteiger partial charge on any atom is -0.255 e. The first-order valence-corrected chi connectivity index (χ1v) is 3.44. The van der Waals surface area contributed by atoms with E-state index in [2.05, 4.69) is 4.98 Å². The first-order chi connectivity index (χ1) is 5.65. The zero-order valence-electron chi connectivity index (χ0n) is 6.52. The Labute approximate surface area is 68.2 Å². The molecule has 1 rings (SSSR count). The summed E-state index contributed by atoms with van der Waals surface area (Å²) in [6.45, 7) is 0.787. The topological polar surface area (TPSA) is 12.9 Å². The summed E-state index contributed by atoms with van der Waals surface area (Å²) in [6, 6.07) is 1.38. The van der Waals surface area contributed by atoms with Crippen LogP contribution >= 0.6 is 0 Å². The van der Waals surface area contributed by atoms with E-state index in [1.807, 2.05) is 0 Å². The van der Waals surface area contributed by atoms with Crippen molar-refractivity contribution in [2.24, 2.45) is 0 Å². The molecule has 1 heterocycles. The summed E-state index contributed by atoms with van der Waals surface area (Å²) in [5.74, 6) is 0. The molecule has 4 heteroatoms. The molecule has 0 saturated heterocycles. The molecule has 0 spiro atoms. The molecule has 0 aromatic carbocycles. The van der Waals surface area contributed by atoms with Crippen LogP contribution in [0.2, 0.25) is 0 Å². The zero-order valence-corrected chi connectivity index (χ0v) is 6.52. The Morgan fingerprint density at radius 1 is 1.50 bits per heavy atom. The number of alkyl halides is 3. The normalized spacial score (nSPS) is 10.8. The van der Waals surface area contributed by atoms with Gasteiger partial charge in [-0.25, -0.2) is 13.2 Å². The second-order valence-electron chi connectivity index (χ2n) is 2.49. The standard InChI is InChI=1S/C8H8F3N/c1-5-2-6(3-9)7(8(10)11)12-4-5/h2,4,8H,3H2,1H3. The molecular weight excluding hydrogens is 167 g/mol. The van der Waals surface area contributed by atoms with E-state index in [9.17, 15) is 13.2 Å². The molecule has 0 unspecified atom stereocenters. The van der Waals surface area contributed by atoms with Gasteiger partial charge in [0.2, 0.25) is 0 Å². The lowest BCUT2D eigenvalue weighted by molar-refractivity contribution is 0.143. The second-order valence-corrected chi connectivity index (χ2v) is 2.49. The number of pyridine rings is 1. The van der Waals surface area contributed by atoms with Crippen LogP contribution in [0.5, 0.6) is 0 Å². The lowest BCUT2D eigenvalue weighted by Crippen LogP contribution is -1.97. The molecule has 0 amide bonds. The number of aryl methyl sites for hydroxylation is 1. The highest BCUT2D eigenvalue weighted by Crippen LogP contribution is 2.21. The predicted molar refractivity (Wildman–Crippen MR) is 38.7 cm³/mol. The van der Waals surface area contributed by atoms with Gasteiger partial charge in [0.1, 0.15) is 12.4 Å². The van der Waals surface area contributed by atoms with Gasteiger partial charge < -0.3 is 0 Å². The highest BCUT2D eigenvalue weighted by molar-refractivity contribution is 5.24. The average Bonchev–Trinajstić information content (AvgIpc) is 2.03. The molecule has 66 valence electrons. The van der Waals surface area contributed by atoms with Gasteiger partial charge >= 0.3 is 0 Å². The van der Waals surface area contributed by atoms with Crippen LogP contribution in [0, 0.1) is 6.92 Å². The van der Waals surface area contributed by atoms with Crippen LogP contribution in [-0.2, 0) is 6.67 Å². The molecule has 0 aliphatic heterocycles. The van der Waals surface area contributed by atoms with Gasteiger partial charge in [-0.2, -0.15) is 0 Å². The maximum Gasteiger partial charge on any atom is 0.280 e. The summed E-state index contributed by atoms with van der Waals surface area (Å²) in [5.41, 5.74) is 0.208. The third-order valence-corrected chi connectivity index (χ3v) is 1.49. The summed E-state index contributed by atoms with van der Waals surface area (Å²) < 4.78 is 36.4.